The lowest BCUT2D eigenvalue weighted by molar-refractivity contribution is 0.0656. The van der Waals surface area contributed by atoms with Crippen LogP contribution in [-0.4, -0.2) is 44.8 Å². The van der Waals surface area contributed by atoms with Crippen molar-refractivity contribution in [2.45, 2.75) is 57.0 Å². The number of aromatic nitrogens is 4. The maximum absolute atomic E-state index is 14.4. The zero-order valence-corrected chi connectivity index (χ0v) is 19.4. The van der Waals surface area contributed by atoms with Crippen molar-refractivity contribution in [3.05, 3.63) is 36.0 Å². The molecule has 0 spiro atoms. The second kappa shape index (κ2) is 9.42. The van der Waals surface area contributed by atoms with Gasteiger partial charge in [0.2, 0.25) is 11.9 Å². The molecule has 4 N–H and O–H groups in total. The Morgan fingerprint density at radius 2 is 1.91 bits per heavy atom. The third-order valence-corrected chi connectivity index (χ3v) is 7.16. The van der Waals surface area contributed by atoms with Crippen molar-refractivity contribution >= 4 is 28.7 Å². The fourth-order valence-electron chi connectivity index (χ4n) is 4.96. The highest BCUT2D eigenvalue weighted by Gasteiger charge is 2.30. The largest absolute Gasteiger partial charge is 0.381 e. The number of rotatable bonds is 6. The molecule has 8 nitrogen and oxygen atoms in total. The first-order chi connectivity index (χ1) is 16.5. The second-order valence-corrected chi connectivity index (χ2v) is 9.64. The Morgan fingerprint density at radius 3 is 2.65 bits per heavy atom. The molecule has 0 atom stereocenters. The topological polar surface area (TPSA) is 103 Å². The molecule has 5 rings (SSSR count). The van der Waals surface area contributed by atoms with E-state index in [9.17, 15) is 8.78 Å². The van der Waals surface area contributed by atoms with Crippen molar-refractivity contribution in [1.29, 1.82) is 0 Å². The summed E-state index contributed by atoms with van der Waals surface area (Å²) >= 11 is 0. The van der Waals surface area contributed by atoms with E-state index in [1.54, 1.807) is 6.20 Å². The van der Waals surface area contributed by atoms with Crippen molar-refractivity contribution in [2.75, 3.05) is 30.4 Å². The predicted octanol–water partition coefficient (Wildman–Crippen LogP) is 4.52. The molecular weight excluding hydrogens is 440 g/mol. The molecule has 2 fully saturated rings. The van der Waals surface area contributed by atoms with Gasteiger partial charge in [-0.15, -0.1) is 0 Å². The lowest BCUT2D eigenvalue weighted by atomic mass is 9.86. The van der Waals surface area contributed by atoms with Crippen LogP contribution in [0.4, 0.5) is 26.4 Å². The van der Waals surface area contributed by atoms with E-state index in [2.05, 4.69) is 27.5 Å². The molecule has 2 aliphatic rings. The van der Waals surface area contributed by atoms with Gasteiger partial charge in [0.15, 0.2) is 17.3 Å². The highest BCUT2D eigenvalue weighted by molar-refractivity contribution is 5.76. The molecule has 0 unspecified atom stereocenters. The van der Waals surface area contributed by atoms with Crippen LogP contribution >= 0.6 is 0 Å². The van der Waals surface area contributed by atoms with Gasteiger partial charge in [0.1, 0.15) is 5.52 Å². The third kappa shape index (κ3) is 4.56. The highest BCUT2D eigenvalue weighted by atomic mass is 19.2. The van der Waals surface area contributed by atoms with E-state index >= 15 is 0 Å². The van der Waals surface area contributed by atoms with Crippen molar-refractivity contribution in [3.63, 3.8) is 0 Å². The zero-order valence-electron chi connectivity index (χ0n) is 19.4. The molecule has 1 saturated heterocycles. The number of nitrogens with zero attached hydrogens (tertiary/aromatic N) is 4. The summed E-state index contributed by atoms with van der Waals surface area (Å²) in [4.78, 5) is 14.0. The Morgan fingerprint density at radius 1 is 1.15 bits per heavy atom. The Kier molecular flexibility index (Phi) is 6.35. The molecule has 2 aromatic heterocycles. The summed E-state index contributed by atoms with van der Waals surface area (Å²) in [5.41, 5.74) is 7.05. The molecule has 0 bridgehead atoms. The van der Waals surface area contributed by atoms with Gasteiger partial charge in [-0.2, -0.15) is 4.98 Å². The number of nitrogens with two attached hydrogens (primary N) is 1. The smallest absolute Gasteiger partial charge is 0.225 e. The van der Waals surface area contributed by atoms with Gasteiger partial charge in [-0.05, 0) is 70.0 Å². The first-order valence-corrected chi connectivity index (χ1v) is 12.0. The number of anilines is 3. The summed E-state index contributed by atoms with van der Waals surface area (Å²) in [5.74, 6) is -0.388. The number of imidazole rings is 1. The number of halogens is 2. The average Bonchev–Trinajstić information content (AvgIpc) is 3.19. The molecule has 1 aliphatic carbocycles. The summed E-state index contributed by atoms with van der Waals surface area (Å²) < 4.78 is 35.8. The predicted molar refractivity (Wildman–Crippen MR) is 127 cm³/mol. The number of ether oxygens (including phenoxy) is 1. The number of hydrogen-bond donors (Lipinski definition) is 3. The summed E-state index contributed by atoms with van der Waals surface area (Å²) in [6.45, 7) is 4.21. The van der Waals surface area contributed by atoms with Gasteiger partial charge in [0.25, 0.3) is 0 Å². The van der Waals surface area contributed by atoms with Crippen molar-refractivity contribution < 1.29 is 13.5 Å². The van der Waals surface area contributed by atoms with E-state index in [4.69, 9.17) is 15.5 Å². The SMILES string of the molecule is CC1(Nc2ncc3nc(Nc4cccc(F)c4F)n(C4CCC(CN)CC4)c3n2)CCOCC1. The fraction of sp³-hybridized carbons (Fsp3) is 0.542. The first kappa shape index (κ1) is 22.9. The molecule has 3 aromatic rings. The number of benzene rings is 1. The van der Waals surface area contributed by atoms with Crippen LogP contribution in [-0.2, 0) is 4.74 Å². The lowest BCUT2D eigenvalue weighted by Gasteiger charge is -2.34. The minimum atomic E-state index is -0.936. The minimum absolute atomic E-state index is 0.0354. The Hall–Kier alpha value is -2.85. The van der Waals surface area contributed by atoms with E-state index in [0.717, 1.165) is 44.6 Å². The Labute approximate surface area is 197 Å². The van der Waals surface area contributed by atoms with Crippen molar-refractivity contribution in [3.8, 4) is 0 Å². The molecule has 0 radical (unpaired) electrons. The van der Waals surface area contributed by atoms with E-state index in [1.807, 2.05) is 4.57 Å². The summed E-state index contributed by atoms with van der Waals surface area (Å²) in [6, 6.07) is 4.18. The first-order valence-electron chi connectivity index (χ1n) is 12.0. The molecule has 3 heterocycles. The summed E-state index contributed by atoms with van der Waals surface area (Å²) in [6.07, 6.45) is 7.24. The molecule has 34 heavy (non-hydrogen) atoms. The van der Waals surface area contributed by atoms with Gasteiger partial charge in [0.05, 0.1) is 11.9 Å². The van der Waals surface area contributed by atoms with Crippen LogP contribution in [0.15, 0.2) is 24.4 Å². The standard InChI is InChI=1S/C24H31F2N7O/c1-24(9-11-34-12-10-24)32-22-28-14-19-21(31-22)33(16-7-5-15(13-27)6-8-16)23(30-19)29-18-4-2-3-17(25)20(18)26/h2-4,14-16H,5-13,27H2,1H3,(H,29,30)(H,28,31,32). The minimum Gasteiger partial charge on any atom is -0.381 e. The van der Waals surface area contributed by atoms with Crippen LogP contribution in [0.1, 0.15) is 51.5 Å². The molecular formula is C24H31F2N7O. The van der Waals surface area contributed by atoms with Gasteiger partial charge < -0.3 is 21.1 Å². The summed E-state index contributed by atoms with van der Waals surface area (Å²) in [7, 11) is 0. The molecule has 1 aliphatic heterocycles. The lowest BCUT2D eigenvalue weighted by Crippen LogP contribution is -2.41. The van der Waals surface area contributed by atoms with Crippen LogP contribution in [0.5, 0.6) is 0 Å². The zero-order chi connectivity index (χ0) is 23.7. The van der Waals surface area contributed by atoms with Crippen molar-refractivity contribution in [1.82, 2.24) is 19.5 Å². The number of nitrogens with one attached hydrogen (secondary N) is 2. The number of fused-ring (bicyclic) bond motifs is 1. The highest BCUT2D eigenvalue weighted by Crippen LogP contribution is 2.37. The quantitative estimate of drug-likeness (QED) is 0.486. The third-order valence-electron chi connectivity index (χ3n) is 7.16. The fourth-order valence-corrected chi connectivity index (χ4v) is 4.96. The van der Waals surface area contributed by atoms with Crippen LogP contribution in [0, 0.1) is 17.6 Å². The van der Waals surface area contributed by atoms with Gasteiger partial charge in [-0.1, -0.05) is 6.07 Å². The monoisotopic (exact) mass is 471 g/mol. The van der Waals surface area contributed by atoms with Crippen LogP contribution in [0.3, 0.4) is 0 Å². The van der Waals surface area contributed by atoms with Gasteiger partial charge >= 0.3 is 0 Å². The number of hydrogen-bond acceptors (Lipinski definition) is 7. The van der Waals surface area contributed by atoms with Crippen LogP contribution < -0.4 is 16.4 Å². The van der Waals surface area contributed by atoms with E-state index in [1.165, 1.54) is 12.1 Å². The van der Waals surface area contributed by atoms with E-state index in [0.29, 0.717) is 48.7 Å². The van der Waals surface area contributed by atoms with Crippen LogP contribution in [0.25, 0.3) is 11.2 Å². The van der Waals surface area contributed by atoms with E-state index < -0.39 is 11.6 Å². The van der Waals surface area contributed by atoms with Gasteiger partial charge in [-0.25, -0.2) is 18.7 Å². The maximum Gasteiger partial charge on any atom is 0.225 e. The maximum atomic E-state index is 14.4. The van der Waals surface area contributed by atoms with Crippen molar-refractivity contribution in [2.24, 2.45) is 11.7 Å². The second-order valence-electron chi connectivity index (χ2n) is 9.64. The molecule has 10 heteroatoms. The molecule has 1 aromatic carbocycles. The molecule has 0 amide bonds. The normalized spacial score (nSPS) is 22.6. The Balaban J connectivity index is 1.53. The van der Waals surface area contributed by atoms with Crippen LogP contribution in [0.2, 0.25) is 0 Å². The van der Waals surface area contributed by atoms with Gasteiger partial charge in [0, 0.05) is 24.8 Å². The molecule has 182 valence electrons. The average molecular weight is 472 g/mol. The van der Waals surface area contributed by atoms with E-state index in [-0.39, 0.29) is 17.3 Å². The Bertz CT molecular complexity index is 1150. The molecule has 1 saturated carbocycles. The summed E-state index contributed by atoms with van der Waals surface area (Å²) in [5, 5.41) is 6.49. The van der Waals surface area contributed by atoms with Gasteiger partial charge in [-0.3, -0.25) is 4.57 Å².